The number of amides is 3. The summed E-state index contributed by atoms with van der Waals surface area (Å²) >= 11 is 1.99. The molecular weight excluding hydrogens is 478 g/mol. The molecule has 3 rings (SSSR count). The topological polar surface area (TPSA) is 158 Å². The van der Waals surface area contributed by atoms with Crippen molar-refractivity contribution in [3.63, 3.8) is 0 Å². The number of carbonyl (C=O) groups is 4. The molecule has 178 valence electrons. The number of nitrogen functional groups attached to an aromatic ring is 1. The molecule has 0 aliphatic rings. The molecule has 0 spiro atoms. The highest BCUT2D eigenvalue weighted by Gasteiger charge is 2.36. The van der Waals surface area contributed by atoms with Crippen molar-refractivity contribution in [3.05, 3.63) is 62.8 Å². The quantitative estimate of drug-likeness (QED) is 0.379. The van der Waals surface area contributed by atoms with Gasteiger partial charge in [0.25, 0.3) is 11.8 Å². The maximum absolute atomic E-state index is 13.8. The smallest absolute Gasteiger partial charge is 0.325 e. The van der Waals surface area contributed by atoms with Gasteiger partial charge in [-0.1, -0.05) is 18.2 Å². The van der Waals surface area contributed by atoms with E-state index in [1.54, 1.807) is 42.6 Å². The highest BCUT2D eigenvalue weighted by Crippen LogP contribution is 2.34. The Hall–Kier alpha value is -3.77. The van der Waals surface area contributed by atoms with Crippen LogP contribution >= 0.6 is 22.9 Å². The fraction of sp³-hybridized carbons (Fsp3) is 0.227. The molecule has 0 bridgehead atoms. The van der Waals surface area contributed by atoms with E-state index in [4.69, 9.17) is 16.2 Å². The van der Waals surface area contributed by atoms with Gasteiger partial charge in [0.1, 0.15) is 11.4 Å². The Bertz CT molecular complexity index is 1210. The average Bonchev–Trinajstić information content (AvgIpc) is 3.45. The first-order valence-corrected chi connectivity index (χ1v) is 11.8. The summed E-state index contributed by atoms with van der Waals surface area (Å²) in [6, 6.07) is 9.33. The van der Waals surface area contributed by atoms with Gasteiger partial charge in [0.15, 0.2) is 11.7 Å². The van der Waals surface area contributed by atoms with E-state index in [0.717, 1.165) is 17.1 Å². The number of esters is 1. The van der Waals surface area contributed by atoms with Crippen molar-refractivity contribution >= 4 is 57.9 Å². The number of primary amides is 1. The molecule has 2 heterocycles. The van der Waals surface area contributed by atoms with Gasteiger partial charge in [0.2, 0.25) is 5.91 Å². The summed E-state index contributed by atoms with van der Waals surface area (Å²) in [5, 5.41) is 4.32. The van der Waals surface area contributed by atoms with Crippen LogP contribution in [0.1, 0.15) is 43.6 Å². The third-order valence-electron chi connectivity index (χ3n) is 4.69. The Morgan fingerprint density at radius 1 is 1.21 bits per heavy atom. The lowest BCUT2D eigenvalue weighted by Gasteiger charge is -2.30. The molecule has 1 atom stereocenters. The van der Waals surface area contributed by atoms with Crippen molar-refractivity contribution < 1.29 is 23.9 Å². The Morgan fingerprint density at radius 2 is 1.97 bits per heavy atom. The summed E-state index contributed by atoms with van der Waals surface area (Å²) in [5.74, 6) is -2.70. The largest absolute Gasteiger partial charge is 0.465 e. The van der Waals surface area contributed by atoms with E-state index in [9.17, 15) is 19.2 Å². The zero-order chi connectivity index (χ0) is 24.8. The standard InChI is InChI=1S/C22H23N5O5S2/c1-3-32-15(28)11-25-21(30)18(14-8-5-9-33-14)27(13-7-4-6-12(2)10-13)22(31)19-16(23)17(20(24)29)26-34-19/h4-10,18H,3,11,23H2,1-2H3,(H2,24,29)(H,25,30). The molecule has 1 aromatic carbocycles. The van der Waals surface area contributed by atoms with Crippen molar-refractivity contribution in [2.75, 3.05) is 23.8 Å². The monoisotopic (exact) mass is 501 g/mol. The van der Waals surface area contributed by atoms with Gasteiger partial charge in [0, 0.05) is 10.6 Å². The van der Waals surface area contributed by atoms with Crippen molar-refractivity contribution in [1.29, 1.82) is 0 Å². The molecule has 0 saturated carbocycles. The molecule has 5 N–H and O–H groups in total. The first kappa shape index (κ1) is 24.9. The number of benzene rings is 1. The Morgan fingerprint density at radius 3 is 2.56 bits per heavy atom. The van der Waals surface area contributed by atoms with Crippen molar-refractivity contribution in [2.24, 2.45) is 5.73 Å². The molecule has 3 aromatic rings. The van der Waals surface area contributed by atoms with Crippen LogP contribution in [0, 0.1) is 6.92 Å². The van der Waals surface area contributed by atoms with Gasteiger partial charge in [-0.15, -0.1) is 11.3 Å². The molecule has 34 heavy (non-hydrogen) atoms. The minimum Gasteiger partial charge on any atom is -0.465 e. The number of thiophene rings is 1. The first-order chi connectivity index (χ1) is 16.2. The van der Waals surface area contributed by atoms with Gasteiger partial charge < -0.3 is 21.5 Å². The molecule has 2 aromatic heterocycles. The van der Waals surface area contributed by atoms with Crippen molar-refractivity contribution in [1.82, 2.24) is 9.69 Å². The van der Waals surface area contributed by atoms with Crippen molar-refractivity contribution in [2.45, 2.75) is 19.9 Å². The number of anilines is 2. The van der Waals surface area contributed by atoms with Gasteiger partial charge >= 0.3 is 5.97 Å². The summed E-state index contributed by atoms with van der Waals surface area (Å²) in [6.07, 6.45) is 0. The number of hydrogen-bond donors (Lipinski definition) is 3. The molecule has 0 radical (unpaired) electrons. The van der Waals surface area contributed by atoms with Crippen LogP contribution in [-0.2, 0) is 14.3 Å². The van der Waals surface area contributed by atoms with Crippen LogP contribution in [0.5, 0.6) is 0 Å². The van der Waals surface area contributed by atoms with Gasteiger partial charge in [-0.2, -0.15) is 4.37 Å². The molecule has 0 saturated heterocycles. The maximum atomic E-state index is 13.8. The number of carbonyl (C=O) groups excluding carboxylic acids is 4. The zero-order valence-corrected chi connectivity index (χ0v) is 20.1. The lowest BCUT2D eigenvalue weighted by atomic mass is 10.1. The molecule has 0 aliphatic carbocycles. The van der Waals surface area contributed by atoms with E-state index in [2.05, 4.69) is 9.69 Å². The number of nitrogens with zero attached hydrogens (tertiary/aromatic N) is 2. The van der Waals surface area contributed by atoms with E-state index in [-0.39, 0.29) is 29.4 Å². The highest BCUT2D eigenvalue weighted by molar-refractivity contribution is 7.10. The second-order valence-corrected chi connectivity index (χ2v) is 8.85. The predicted molar refractivity (Wildman–Crippen MR) is 130 cm³/mol. The molecule has 12 heteroatoms. The van der Waals surface area contributed by atoms with Crippen LogP contribution in [0.25, 0.3) is 0 Å². The number of aryl methyl sites for hydroxylation is 1. The van der Waals surface area contributed by atoms with Gasteiger partial charge in [-0.3, -0.25) is 24.1 Å². The fourth-order valence-corrected chi connectivity index (χ4v) is 4.74. The van der Waals surface area contributed by atoms with Crippen LogP contribution in [0.3, 0.4) is 0 Å². The molecule has 3 amide bonds. The number of rotatable bonds is 9. The second-order valence-electron chi connectivity index (χ2n) is 7.09. The lowest BCUT2D eigenvalue weighted by Crippen LogP contribution is -2.45. The zero-order valence-electron chi connectivity index (χ0n) is 18.4. The normalized spacial score (nSPS) is 11.5. The number of ether oxygens (including phenoxy) is 1. The van der Waals surface area contributed by atoms with Crippen molar-refractivity contribution in [3.8, 4) is 0 Å². The van der Waals surface area contributed by atoms with E-state index in [1.807, 2.05) is 13.0 Å². The first-order valence-electron chi connectivity index (χ1n) is 10.2. The SMILES string of the molecule is CCOC(=O)CNC(=O)C(c1cccs1)N(C(=O)c1snc(C(N)=O)c1N)c1cccc(C)c1. The van der Waals surface area contributed by atoms with Crippen LogP contribution in [-0.4, -0.2) is 41.2 Å². The summed E-state index contributed by atoms with van der Waals surface area (Å²) in [4.78, 5) is 52.4. The van der Waals surface area contributed by atoms with Crippen LogP contribution < -0.4 is 21.7 Å². The highest BCUT2D eigenvalue weighted by atomic mass is 32.1. The van der Waals surface area contributed by atoms with Gasteiger partial charge in [0.05, 0.1) is 12.3 Å². The summed E-state index contributed by atoms with van der Waals surface area (Å²) in [7, 11) is 0. The van der Waals surface area contributed by atoms with Gasteiger partial charge in [-0.05, 0) is 54.5 Å². The van der Waals surface area contributed by atoms with Gasteiger partial charge in [-0.25, -0.2) is 0 Å². The van der Waals surface area contributed by atoms with E-state index < -0.39 is 29.7 Å². The molecule has 1 unspecified atom stereocenters. The minimum absolute atomic E-state index is 0.0324. The number of hydrogen-bond acceptors (Lipinski definition) is 9. The number of nitrogens with one attached hydrogen (secondary N) is 1. The lowest BCUT2D eigenvalue weighted by molar-refractivity contribution is -0.143. The maximum Gasteiger partial charge on any atom is 0.325 e. The Kier molecular flexibility index (Phi) is 7.97. The third-order valence-corrected chi connectivity index (χ3v) is 6.46. The summed E-state index contributed by atoms with van der Waals surface area (Å²) in [5.41, 5.74) is 12.2. The van der Waals surface area contributed by atoms with Crippen LogP contribution in [0.2, 0.25) is 0 Å². The van der Waals surface area contributed by atoms with Crippen LogP contribution in [0.15, 0.2) is 41.8 Å². The second kappa shape index (κ2) is 10.9. The van der Waals surface area contributed by atoms with Crippen LogP contribution in [0.4, 0.5) is 11.4 Å². The molecular formula is C22H23N5O5S2. The predicted octanol–water partition coefficient (Wildman–Crippen LogP) is 2.26. The molecule has 0 fully saturated rings. The number of aromatic nitrogens is 1. The summed E-state index contributed by atoms with van der Waals surface area (Å²) in [6.45, 7) is 3.31. The summed E-state index contributed by atoms with van der Waals surface area (Å²) < 4.78 is 8.80. The Labute approximate surface area is 203 Å². The minimum atomic E-state index is -1.14. The fourth-order valence-electron chi connectivity index (χ4n) is 3.19. The van der Waals surface area contributed by atoms with E-state index in [0.29, 0.717) is 10.6 Å². The van der Waals surface area contributed by atoms with E-state index in [1.165, 1.54) is 16.2 Å². The third kappa shape index (κ3) is 5.41. The Balaban J connectivity index is 2.10. The molecule has 0 aliphatic heterocycles. The molecule has 10 nitrogen and oxygen atoms in total. The number of nitrogens with two attached hydrogens (primary N) is 2. The van der Waals surface area contributed by atoms with E-state index >= 15 is 0 Å². The average molecular weight is 502 g/mol.